The summed E-state index contributed by atoms with van der Waals surface area (Å²) in [6, 6.07) is 13.7. The third-order valence-corrected chi connectivity index (χ3v) is 3.88. The molecule has 0 saturated carbocycles. The molecule has 0 aliphatic rings. The number of carbonyl (C=O) groups excluding carboxylic acids is 2. The van der Waals surface area contributed by atoms with Crippen LogP contribution in [0.1, 0.15) is 54.3 Å². The predicted octanol–water partition coefficient (Wildman–Crippen LogP) is 3.98. The minimum Gasteiger partial charge on any atom is -0.493 e. The van der Waals surface area contributed by atoms with Crippen LogP contribution >= 0.6 is 0 Å². The van der Waals surface area contributed by atoms with Crippen molar-refractivity contribution in [2.75, 3.05) is 13.2 Å². The molecule has 2 rings (SSSR count). The van der Waals surface area contributed by atoms with Gasteiger partial charge >= 0.3 is 0 Å². The van der Waals surface area contributed by atoms with Crippen LogP contribution < -0.4 is 20.3 Å². The fraction of sp³-hybridized carbons (Fsp3) is 0.364. The normalized spacial score (nSPS) is 10.4. The Morgan fingerprint density at radius 3 is 2.29 bits per heavy atom. The zero-order valence-corrected chi connectivity index (χ0v) is 16.7. The van der Waals surface area contributed by atoms with Crippen molar-refractivity contribution >= 4 is 11.8 Å². The Kier molecular flexibility index (Phi) is 8.34. The molecule has 28 heavy (non-hydrogen) atoms. The number of carbonyl (C=O) groups is 2. The number of ether oxygens (including phenoxy) is 2. The Morgan fingerprint density at radius 1 is 0.929 bits per heavy atom. The zero-order chi connectivity index (χ0) is 20.4. The number of rotatable bonds is 9. The standard InChI is InChI=1S/C22H28N2O4/c1-4-5-14-27-20-9-7-6-8-19(20)22(26)24-23-21(25)17-10-12-18(13-11-17)28-15-16(2)3/h6-13,16H,4-5,14-15H2,1-3H3,(H,23,25)(H,24,26). The van der Waals surface area contributed by atoms with E-state index in [0.717, 1.165) is 12.8 Å². The van der Waals surface area contributed by atoms with Crippen molar-refractivity contribution in [1.82, 2.24) is 10.9 Å². The quantitative estimate of drug-likeness (QED) is 0.506. The first-order valence-corrected chi connectivity index (χ1v) is 9.56. The molecule has 0 aliphatic carbocycles. The average molecular weight is 384 g/mol. The molecule has 0 atom stereocenters. The number of hydrogen-bond donors (Lipinski definition) is 2. The van der Waals surface area contributed by atoms with Crippen LogP contribution in [-0.4, -0.2) is 25.0 Å². The van der Waals surface area contributed by atoms with Gasteiger partial charge in [-0.15, -0.1) is 0 Å². The summed E-state index contributed by atoms with van der Waals surface area (Å²) in [4.78, 5) is 24.7. The van der Waals surface area contributed by atoms with Crippen LogP contribution in [0.4, 0.5) is 0 Å². The molecule has 0 radical (unpaired) electrons. The van der Waals surface area contributed by atoms with E-state index in [9.17, 15) is 9.59 Å². The molecule has 0 saturated heterocycles. The van der Waals surface area contributed by atoms with Gasteiger partial charge in [0.15, 0.2) is 0 Å². The number of para-hydroxylation sites is 1. The number of hydrogen-bond acceptors (Lipinski definition) is 4. The second kappa shape index (κ2) is 11.0. The van der Waals surface area contributed by atoms with Gasteiger partial charge in [-0.3, -0.25) is 20.4 Å². The lowest BCUT2D eigenvalue weighted by Gasteiger charge is -2.12. The van der Waals surface area contributed by atoms with Crippen LogP contribution in [0.15, 0.2) is 48.5 Å². The monoisotopic (exact) mass is 384 g/mol. The van der Waals surface area contributed by atoms with E-state index in [2.05, 4.69) is 31.6 Å². The van der Waals surface area contributed by atoms with Crippen molar-refractivity contribution in [2.24, 2.45) is 5.92 Å². The van der Waals surface area contributed by atoms with Crippen molar-refractivity contribution < 1.29 is 19.1 Å². The summed E-state index contributed by atoms with van der Waals surface area (Å²) < 4.78 is 11.3. The summed E-state index contributed by atoms with van der Waals surface area (Å²) in [7, 11) is 0. The van der Waals surface area contributed by atoms with Crippen LogP contribution in [0, 0.1) is 5.92 Å². The van der Waals surface area contributed by atoms with Crippen molar-refractivity contribution in [3.05, 3.63) is 59.7 Å². The molecule has 0 bridgehead atoms. The largest absolute Gasteiger partial charge is 0.493 e. The molecule has 0 fully saturated rings. The number of amides is 2. The van der Waals surface area contributed by atoms with Crippen molar-refractivity contribution in [2.45, 2.75) is 33.6 Å². The Labute approximate surface area is 166 Å². The predicted molar refractivity (Wildman–Crippen MR) is 109 cm³/mol. The van der Waals surface area contributed by atoms with Crippen LogP contribution in [0.2, 0.25) is 0 Å². The summed E-state index contributed by atoms with van der Waals surface area (Å²) in [6.45, 7) is 7.36. The maximum Gasteiger partial charge on any atom is 0.273 e. The molecule has 2 N–H and O–H groups in total. The van der Waals surface area contributed by atoms with Gasteiger partial charge < -0.3 is 9.47 Å². The molecule has 6 nitrogen and oxygen atoms in total. The molecule has 0 aliphatic heterocycles. The Bertz CT molecular complexity index is 772. The summed E-state index contributed by atoms with van der Waals surface area (Å²) in [5.41, 5.74) is 5.65. The van der Waals surface area contributed by atoms with E-state index >= 15 is 0 Å². The lowest BCUT2D eigenvalue weighted by atomic mass is 10.2. The van der Waals surface area contributed by atoms with Crippen LogP contribution in [0.3, 0.4) is 0 Å². The molecular formula is C22H28N2O4. The molecule has 2 aromatic carbocycles. The molecule has 0 spiro atoms. The lowest BCUT2D eigenvalue weighted by molar-refractivity contribution is 0.0844. The first-order chi connectivity index (χ1) is 13.5. The van der Waals surface area contributed by atoms with E-state index in [1.807, 2.05) is 0 Å². The highest BCUT2D eigenvalue weighted by Crippen LogP contribution is 2.18. The molecule has 0 heterocycles. The van der Waals surface area contributed by atoms with E-state index < -0.39 is 11.8 Å². The Morgan fingerprint density at radius 2 is 1.61 bits per heavy atom. The van der Waals surface area contributed by atoms with E-state index in [1.165, 1.54) is 0 Å². The van der Waals surface area contributed by atoms with Gasteiger partial charge in [0, 0.05) is 5.56 Å². The van der Waals surface area contributed by atoms with Crippen LogP contribution in [-0.2, 0) is 0 Å². The SMILES string of the molecule is CCCCOc1ccccc1C(=O)NNC(=O)c1ccc(OCC(C)C)cc1. The third-order valence-electron chi connectivity index (χ3n) is 3.88. The molecule has 0 unspecified atom stereocenters. The topological polar surface area (TPSA) is 76.7 Å². The minimum absolute atomic E-state index is 0.372. The maximum absolute atomic E-state index is 12.4. The van der Waals surface area contributed by atoms with Crippen LogP contribution in [0.25, 0.3) is 0 Å². The highest BCUT2D eigenvalue weighted by molar-refractivity contribution is 6.00. The first-order valence-electron chi connectivity index (χ1n) is 9.56. The van der Waals surface area contributed by atoms with Gasteiger partial charge in [-0.25, -0.2) is 0 Å². The highest BCUT2D eigenvalue weighted by atomic mass is 16.5. The molecule has 150 valence electrons. The minimum atomic E-state index is -0.433. The molecular weight excluding hydrogens is 356 g/mol. The fourth-order valence-electron chi connectivity index (χ4n) is 2.33. The van der Waals surface area contributed by atoms with Gasteiger partial charge in [0.05, 0.1) is 18.8 Å². The average Bonchev–Trinajstić information content (AvgIpc) is 2.71. The first kappa shape index (κ1) is 21.3. The van der Waals surface area contributed by atoms with Gasteiger partial charge in [0.25, 0.3) is 11.8 Å². The van der Waals surface area contributed by atoms with Crippen molar-refractivity contribution in [3.63, 3.8) is 0 Å². The zero-order valence-electron chi connectivity index (χ0n) is 16.7. The number of hydrazine groups is 1. The van der Waals surface area contributed by atoms with Gasteiger partial charge in [0.1, 0.15) is 11.5 Å². The number of unbranched alkanes of at least 4 members (excludes halogenated alkanes) is 1. The number of benzene rings is 2. The van der Waals surface area contributed by atoms with Crippen molar-refractivity contribution in [1.29, 1.82) is 0 Å². The highest BCUT2D eigenvalue weighted by Gasteiger charge is 2.13. The van der Waals surface area contributed by atoms with Gasteiger partial charge in [-0.2, -0.15) is 0 Å². The summed E-state index contributed by atoms with van der Waals surface area (Å²) in [6.07, 6.45) is 1.91. The fourth-order valence-corrected chi connectivity index (χ4v) is 2.33. The van der Waals surface area contributed by atoms with Gasteiger partial charge in [0.2, 0.25) is 0 Å². The van der Waals surface area contributed by atoms with E-state index in [0.29, 0.717) is 41.8 Å². The summed E-state index contributed by atoms with van der Waals surface area (Å²) in [5, 5.41) is 0. The summed E-state index contributed by atoms with van der Waals surface area (Å²) >= 11 is 0. The Balaban J connectivity index is 1.91. The second-order valence-electron chi connectivity index (χ2n) is 6.84. The van der Waals surface area contributed by atoms with E-state index in [-0.39, 0.29) is 0 Å². The molecule has 0 aromatic heterocycles. The lowest BCUT2D eigenvalue weighted by Crippen LogP contribution is -2.41. The molecule has 2 amide bonds. The van der Waals surface area contributed by atoms with Gasteiger partial charge in [-0.05, 0) is 48.7 Å². The van der Waals surface area contributed by atoms with E-state index in [4.69, 9.17) is 9.47 Å². The third kappa shape index (κ3) is 6.61. The molecule has 6 heteroatoms. The Hall–Kier alpha value is -3.02. The smallest absolute Gasteiger partial charge is 0.273 e. The summed E-state index contributed by atoms with van der Waals surface area (Å²) in [5.74, 6) is 0.777. The van der Waals surface area contributed by atoms with Crippen molar-refractivity contribution in [3.8, 4) is 11.5 Å². The van der Waals surface area contributed by atoms with Crippen LogP contribution in [0.5, 0.6) is 11.5 Å². The number of nitrogens with one attached hydrogen (secondary N) is 2. The van der Waals surface area contributed by atoms with E-state index in [1.54, 1.807) is 48.5 Å². The van der Waals surface area contributed by atoms with Gasteiger partial charge in [-0.1, -0.05) is 39.3 Å². The maximum atomic E-state index is 12.4. The molecule has 2 aromatic rings. The second-order valence-corrected chi connectivity index (χ2v) is 6.84.